The zero-order valence-corrected chi connectivity index (χ0v) is 17.9. The van der Waals surface area contributed by atoms with Gasteiger partial charge in [-0.3, -0.25) is 0 Å². The predicted octanol–water partition coefficient (Wildman–Crippen LogP) is 7.10. The van der Waals surface area contributed by atoms with E-state index in [0.29, 0.717) is 0 Å². The Morgan fingerprint density at radius 1 is 0.750 bits per heavy atom. The van der Waals surface area contributed by atoms with E-state index in [2.05, 4.69) is 34.6 Å². The van der Waals surface area contributed by atoms with Crippen LogP contribution in [0.1, 0.15) is 91.9 Å². The fraction of sp³-hybridized carbons (Fsp3) is 0.895. The zero-order chi connectivity index (χ0) is 13.8. The molecule has 121 valence electrons. The van der Waals surface area contributed by atoms with E-state index in [1.54, 1.807) is 0 Å². The summed E-state index contributed by atoms with van der Waals surface area (Å²) in [5.74, 6) is 2.66. The first-order valence-corrected chi connectivity index (χ1v) is 8.39. The maximum absolute atomic E-state index is 3.99. The molecule has 1 radical (unpaired) electrons. The number of unbranched alkanes of at least 4 members (excludes halogenated alkanes) is 4. The summed E-state index contributed by atoms with van der Waals surface area (Å²) in [5, 5.41) is 0. The molecule has 0 bridgehead atoms. The summed E-state index contributed by atoms with van der Waals surface area (Å²) >= 11 is 0. The fourth-order valence-electron chi connectivity index (χ4n) is 2.64. The first kappa shape index (κ1) is 26.0. The Kier molecular flexibility index (Phi) is 23.6. The van der Waals surface area contributed by atoms with Gasteiger partial charge in [0.05, 0.1) is 0 Å². The first-order valence-electron chi connectivity index (χ1n) is 8.39. The Labute approximate surface area is 156 Å². The van der Waals surface area contributed by atoms with Crippen molar-refractivity contribution in [2.24, 2.45) is 17.8 Å². The van der Waals surface area contributed by atoms with Gasteiger partial charge in [0.25, 0.3) is 0 Å². The molecule has 0 spiro atoms. The van der Waals surface area contributed by atoms with Crippen LogP contribution < -0.4 is 0 Å². The molecule has 1 heteroatoms. The molecule has 0 heterocycles. The van der Waals surface area contributed by atoms with E-state index < -0.39 is 0 Å². The van der Waals surface area contributed by atoms with E-state index in [1.165, 1.54) is 57.8 Å². The monoisotopic (exact) mass is 357 g/mol. The molecule has 3 unspecified atom stereocenters. The van der Waals surface area contributed by atoms with E-state index in [1.807, 2.05) is 0 Å². The molecule has 0 nitrogen and oxygen atoms in total. The summed E-state index contributed by atoms with van der Waals surface area (Å²) < 4.78 is 0. The summed E-state index contributed by atoms with van der Waals surface area (Å²) in [6.07, 6.45) is 13.9. The molecule has 0 aromatic carbocycles. The van der Waals surface area contributed by atoms with Crippen LogP contribution in [0.2, 0.25) is 0 Å². The van der Waals surface area contributed by atoms with Crippen LogP contribution in [-0.2, 0) is 32.7 Å². The molecule has 0 aromatic rings. The van der Waals surface area contributed by atoms with Crippen LogP contribution in [0.25, 0.3) is 0 Å². The van der Waals surface area contributed by atoms with E-state index in [4.69, 9.17) is 0 Å². The maximum atomic E-state index is 3.99. The first-order chi connectivity index (χ1) is 8.60. The van der Waals surface area contributed by atoms with Crippen LogP contribution in [0.5, 0.6) is 0 Å². The zero-order valence-electron chi connectivity index (χ0n) is 15.1. The Morgan fingerprint density at radius 3 is 1.65 bits per heavy atom. The molecule has 0 amide bonds. The van der Waals surface area contributed by atoms with Gasteiger partial charge in [0.1, 0.15) is 0 Å². The van der Waals surface area contributed by atoms with Crippen molar-refractivity contribution < 1.29 is 32.7 Å². The Bertz CT molecular complexity index is 167. The summed E-state index contributed by atoms with van der Waals surface area (Å²) in [6.45, 7) is 13.4. The number of hydrogen-bond donors (Lipinski definition) is 0. The van der Waals surface area contributed by atoms with Gasteiger partial charge in [-0.15, -0.1) is 0 Å². The molecule has 0 aliphatic carbocycles. The molecule has 0 saturated heterocycles. The minimum absolute atomic E-state index is 0. The molecule has 0 N–H and O–H groups in total. The fourth-order valence-corrected chi connectivity index (χ4v) is 2.64. The predicted molar refractivity (Wildman–Crippen MR) is 91.1 cm³/mol. The van der Waals surface area contributed by atoms with Gasteiger partial charge in [0, 0.05) is 32.7 Å². The Hall–Kier alpha value is 1.10. The standard InChI is InChI=1S/C18H37.CH3.Y/c1-6-16(3)13-11-9-8-10-12-14-18(5)15-17(4)7-2;;/h16-18H,2,6-15H2,1,3-5H3;1H3;/q2*-1;. The molecule has 0 aliphatic heterocycles. The van der Waals surface area contributed by atoms with Gasteiger partial charge < -0.3 is 14.4 Å². The second-order valence-corrected chi connectivity index (χ2v) is 6.59. The molecule has 0 fully saturated rings. The maximum Gasteiger partial charge on any atom is 0 e. The van der Waals surface area contributed by atoms with Gasteiger partial charge in [-0.2, -0.15) is 6.42 Å². The minimum Gasteiger partial charge on any atom is -0.358 e. The average molecular weight is 357 g/mol. The van der Waals surface area contributed by atoms with E-state index >= 15 is 0 Å². The third kappa shape index (κ3) is 17.2. The molecule has 0 aromatic heterocycles. The van der Waals surface area contributed by atoms with Crippen LogP contribution in [0.3, 0.4) is 0 Å². The average Bonchev–Trinajstić information content (AvgIpc) is 2.36. The van der Waals surface area contributed by atoms with E-state index in [9.17, 15) is 0 Å². The molecule has 0 aliphatic rings. The van der Waals surface area contributed by atoms with Crippen molar-refractivity contribution in [1.29, 1.82) is 0 Å². The van der Waals surface area contributed by atoms with Crippen molar-refractivity contribution in [3.63, 3.8) is 0 Å². The van der Waals surface area contributed by atoms with Gasteiger partial charge in [-0.25, -0.2) is 0 Å². The second kappa shape index (κ2) is 18.2. The van der Waals surface area contributed by atoms with Crippen LogP contribution in [-0.4, -0.2) is 0 Å². The van der Waals surface area contributed by atoms with Crippen LogP contribution in [0, 0.1) is 32.1 Å². The topological polar surface area (TPSA) is 0 Å². The van der Waals surface area contributed by atoms with Gasteiger partial charge in [0.2, 0.25) is 0 Å². The molecule has 20 heavy (non-hydrogen) atoms. The van der Waals surface area contributed by atoms with Crippen LogP contribution >= 0.6 is 0 Å². The second-order valence-electron chi connectivity index (χ2n) is 6.59. The molecule has 0 saturated carbocycles. The van der Waals surface area contributed by atoms with Gasteiger partial charge in [0.15, 0.2) is 0 Å². The Morgan fingerprint density at radius 2 is 1.20 bits per heavy atom. The normalized spacial score (nSPS) is 14.8. The molecule has 3 atom stereocenters. The Balaban J connectivity index is -0.00000144. The van der Waals surface area contributed by atoms with Crippen molar-refractivity contribution in [2.75, 3.05) is 0 Å². The van der Waals surface area contributed by atoms with Gasteiger partial charge in [-0.1, -0.05) is 91.4 Å². The van der Waals surface area contributed by atoms with Crippen molar-refractivity contribution >= 4 is 0 Å². The smallest absolute Gasteiger partial charge is 0 e. The van der Waals surface area contributed by atoms with Crippen molar-refractivity contribution in [2.45, 2.75) is 91.9 Å². The molecular formula is C19H40Y-2. The molecular weight excluding hydrogens is 317 g/mol. The number of hydrogen-bond acceptors (Lipinski definition) is 0. The van der Waals surface area contributed by atoms with Crippen LogP contribution in [0.15, 0.2) is 0 Å². The van der Waals surface area contributed by atoms with Crippen molar-refractivity contribution in [3.05, 3.63) is 14.4 Å². The number of rotatable bonds is 12. The van der Waals surface area contributed by atoms with Crippen molar-refractivity contribution in [3.8, 4) is 0 Å². The summed E-state index contributed by atoms with van der Waals surface area (Å²) in [5.41, 5.74) is 0. The SMILES string of the molecule is [CH2-]CC(C)CC(C)CCCCCCCC(C)CC.[CH3-].[Y]. The molecule has 0 rings (SSSR count). The third-order valence-corrected chi connectivity index (χ3v) is 4.39. The van der Waals surface area contributed by atoms with Crippen LogP contribution in [0.4, 0.5) is 0 Å². The van der Waals surface area contributed by atoms with Crippen molar-refractivity contribution in [1.82, 2.24) is 0 Å². The van der Waals surface area contributed by atoms with Gasteiger partial charge in [-0.05, 0) is 11.8 Å². The third-order valence-electron chi connectivity index (χ3n) is 4.39. The van der Waals surface area contributed by atoms with E-state index in [-0.39, 0.29) is 40.1 Å². The van der Waals surface area contributed by atoms with Gasteiger partial charge >= 0.3 is 0 Å². The minimum atomic E-state index is 0. The summed E-state index contributed by atoms with van der Waals surface area (Å²) in [4.78, 5) is 0. The largest absolute Gasteiger partial charge is 0.358 e. The summed E-state index contributed by atoms with van der Waals surface area (Å²) in [7, 11) is 0. The quantitative estimate of drug-likeness (QED) is 0.258. The summed E-state index contributed by atoms with van der Waals surface area (Å²) in [6, 6.07) is 0. The van der Waals surface area contributed by atoms with E-state index in [0.717, 1.165) is 24.2 Å².